The molecule has 0 aliphatic carbocycles. The van der Waals surface area contributed by atoms with Gasteiger partial charge in [-0.25, -0.2) is 4.98 Å². The Labute approximate surface area is 120 Å². The van der Waals surface area contributed by atoms with Gasteiger partial charge in [0.2, 0.25) is 5.88 Å². The number of nitrogens with two attached hydrogens (primary N) is 1. The van der Waals surface area contributed by atoms with E-state index < -0.39 is 11.9 Å². The van der Waals surface area contributed by atoms with Crippen LogP contribution in [0.15, 0.2) is 36.4 Å². The molecule has 0 radical (unpaired) electrons. The fraction of sp³-hybridized carbons (Fsp3) is 0.214. The maximum Gasteiger partial charge on any atom is 0.433 e. The lowest BCUT2D eigenvalue weighted by atomic mass is 10.2. The highest BCUT2D eigenvalue weighted by Gasteiger charge is 2.32. The molecule has 0 atom stereocenters. The number of aromatic nitrogens is 1. The number of ether oxygens (including phenoxy) is 1. The lowest BCUT2D eigenvalue weighted by Gasteiger charge is -2.15. The van der Waals surface area contributed by atoms with Crippen LogP contribution in [0.1, 0.15) is 5.69 Å². The average molecular weight is 297 g/mol. The molecule has 2 N–H and O–H groups in total. The highest BCUT2D eigenvalue weighted by atomic mass is 19.4. The predicted octanol–water partition coefficient (Wildman–Crippen LogP) is 3.54. The molecule has 0 aliphatic heterocycles. The zero-order valence-corrected chi connectivity index (χ0v) is 11.5. The normalized spacial score (nSPS) is 11.3. The minimum atomic E-state index is -4.52. The van der Waals surface area contributed by atoms with Gasteiger partial charge in [0.25, 0.3) is 0 Å². The Bertz CT molecular complexity index is 642. The molecule has 0 saturated heterocycles. The third kappa shape index (κ3) is 3.56. The molecule has 0 amide bonds. The van der Waals surface area contributed by atoms with Gasteiger partial charge in [-0.2, -0.15) is 13.2 Å². The predicted molar refractivity (Wildman–Crippen MR) is 74.5 cm³/mol. The Hall–Kier alpha value is -2.44. The number of benzene rings is 1. The standard InChI is InChI=1S/C14H14F3N3O/c1-20(2)9-6-7-10(18)11(8-9)21-13-5-3-4-12(19-13)14(15,16)17/h3-8H,18H2,1-2H3. The van der Waals surface area contributed by atoms with Crippen molar-refractivity contribution in [2.24, 2.45) is 0 Å². The molecule has 0 aliphatic rings. The van der Waals surface area contributed by atoms with Crippen molar-refractivity contribution in [3.8, 4) is 11.6 Å². The number of nitrogen functional groups attached to an aromatic ring is 1. The van der Waals surface area contributed by atoms with Gasteiger partial charge in [0.15, 0.2) is 5.75 Å². The van der Waals surface area contributed by atoms with Crippen molar-refractivity contribution >= 4 is 11.4 Å². The molecule has 112 valence electrons. The summed E-state index contributed by atoms with van der Waals surface area (Å²) >= 11 is 0. The Morgan fingerprint density at radius 1 is 1.14 bits per heavy atom. The van der Waals surface area contributed by atoms with E-state index in [1.807, 2.05) is 19.0 Å². The molecular formula is C14H14F3N3O. The van der Waals surface area contributed by atoms with Gasteiger partial charge in [0.1, 0.15) is 5.69 Å². The largest absolute Gasteiger partial charge is 0.437 e. The molecule has 0 fully saturated rings. The summed E-state index contributed by atoms with van der Waals surface area (Å²) in [5.41, 5.74) is 5.89. The summed E-state index contributed by atoms with van der Waals surface area (Å²) in [4.78, 5) is 5.26. The first-order valence-corrected chi connectivity index (χ1v) is 6.06. The molecule has 0 unspecified atom stereocenters. The Morgan fingerprint density at radius 2 is 1.86 bits per heavy atom. The van der Waals surface area contributed by atoms with Gasteiger partial charge in [-0.1, -0.05) is 6.07 Å². The number of hydrogen-bond acceptors (Lipinski definition) is 4. The zero-order chi connectivity index (χ0) is 15.6. The average Bonchev–Trinajstić information content (AvgIpc) is 2.40. The molecule has 0 saturated carbocycles. The van der Waals surface area contributed by atoms with Crippen LogP contribution in [0.4, 0.5) is 24.5 Å². The second-order valence-electron chi connectivity index (χ2n) is 4.58. The van der Waals surface area contributed by atoms with E-state index in [4.69, 9.17) is 10.5 Å². The Morgan fingerprint density at radius 3 is 2.48 bits per heavy atom. The lowest BCUT2D eigenvalue weighted by Crippen LogP contribution is -2.09. The summed E-state index contributed by atoms with van der Waals surface area (Å²) in [6.07, 6.45) is -4.52. The van der Waals surface area contributed by atoms with Crippen LogP contribution in [-0.2, 0) is 6.18 Å². The van der Waals surface area contributed by atoms with Crippen molar-refractivity contribution < 1.29 is 17.9 Å². The van der Waals surface area contributed by atoms with Gasteiger partial charge in [0, 0.05) is 31.9 Å². The number of hydrogen-bond donors (Lipinski definition) is 1. The minimum Gasteiger partial charge on any atom is -0.437 e. The number of nitrogens with zero attached hydrogens (tertiary/aromatic N) is 2. The molecule has 2 aromatic rings. The molecule has 1 aromatic carbocycles. The second kappa shape index (κ2) is 5.51. The van der Waals surface area contributed by atoms with E-state index in [0.29, 0.717) is 5.69 Å². The first-order valence-electron chi connectivity index (χ1n) is 6.06. The lowest BCUT2D eigenvalue weighted by molar-refractivity contribution is -0.141. The zero-order valence-electron chi connectivity index (χ0n) is 11.5. The van der Waals surface area contributed by atoms with E-state index >= 15 is 0 Å². The van der Waals surface area contributed by atoms with E-state index in [9.17, 15) is 13.2 Å². The maximum atomic E-state index is 12.6. The SMILES string of the molecule is CN(C)c1ccc(N)c(Oc2cccc(C(F)(F)F)n2)c1. The Kier molecular flexibility index (Phi) is 3.93. The number of pyridine rings is 1. The number of rotatable bonds is 3. The second-order valence-corrected chi connectivity index (χ2v) is 4.58. The number of anilines is 2. The van der Waals surface area contributed by atoms with E-state index in [0.717, 1.165) is 11.8 Å². The van der Waals surface area contributed by atoms with Gasteiger partial charge in [-0.05, 0) is 18.2 Å². The van der Waals surface area contributed by atoms with Crippen LogP contribution in [0.2, 0.25) is 0 Å². The van der Waals surface area contributed by atoms with Crippen LogP contribution in [0.25, 0.3) is 0 Å². The molecular weight excluding hydrogens is 283 g/mol. The van der Waals surface area contributed by atoms with Crippen molar-refractivity contribution in [3.63, 3.8) is 0 Å². The van der Waals surface area contributed by atoms with E-state index in [-0.39, 0.29) is 11.6 Å². The van der Waals surface area contributed by atoms with Crippen LogP contribution in [0.3, 0.4) is 0 Å². The summed E-state index contributed by atoms with van der Waals surface area (Å²) in [6, 6.07) is 8.50. The highest BCUT2D eigenvalue weighted by molar-refractivity contribution is 5.62. The van der Waals surface area contributed by atoms with E-state index in [1.54, 1.807) is 18.2 Å². The first kappa shape index (κ1) is 15.0. The summed E-state index contributed by atoms with van der Waals surface area (Å²) < 4.78 is 43.2. The fourth-order valence-corrected chi connectivity index (χ4v) is 1.63. The quantitative estimate of drug-likeness (QED) is 0.880. The maximum absolute atomic E-state index is 12.6. The van der Waals surface area contributed by atoms with Gasteiger partial charge in [-0.3, -0.25) is 0 Å². The summed E-state index contributed by atoms with van der Waals surface area (Å²) in [6.45, 7) is 0. The molecule has 0 spiro atoms. The van der Waals surface area contributed by atoms with Crippen LogP contribution >= 0.6 is 0 Å². The minimum absolute atomic E-state index is 0.160. The number of halogens is 3. The monoisotopic (exact) mass is 297 g/mol. The van der Waals surface area contributed by atoms with Crippen molar-refractivity contribution in [2.45, 2.75) is 6.18 Å². The van der Waals surface area contributed by atoms with Gasteiger partial charge >= 0.3 is 6.18 Å². The summed E-state index contributed by atoms with van der Waals surface area (Å²) in [7, 11) is 3.66. The smallest absolute Gasteiger partial charge is 0.433 e. The van der Waals surface area contributed by atoms with E-state index in [1.165, 1.54) is 12.1 Å². The molecule has 21 heavy (non-hydrogen) atoms. The molecule has 2 rings (SSSR count). The molecule has 1 aromatic heterocycles. The Balaban J connectivity index is 2.32. The molecule has 4 nitrogen and oxygen atoms in total. The van der Waals surface area contributed by atoms with Crippen LogP contribution < -0.4 is 15.4 Å². The molecule has 1 heterocycles. The summed E-state index contributed by atoms with van der Waals surface area (Å²) in [5.74, 6) is 0.0976. The summed E-state index contributed by atoms with van der Waals surface area (Å²) in [5, 5.41) is 0. The van der Waals surface area contributed by atoms with Gasteiger partial charge < -0.3 is 15.4 Å². The van der Waals surface area contributed by atoms with Crippen LogP contribution in [0.5, 0.6) is 11.6 Å². The van der Waals surface area contributed by atoms with Crippen LogP contribution in [0, 0.1) is 0 Å². The third-order valence-corrected chi connectivity index (χ3v) is 2.74. The van der Waals surface area contributed by atoms with Crippen molar-refractivity contribution in [3.05, 3.63) is 42.1 Å². The van der Waals surface area contributed by atoms with Crippen molar-refractivity contribution in [2.75, 3.05) is 24.7 Å². The van der Waals surface area contributed by atoms with Gasteiger partial charge in [0.05, 0.1) is 5.69 Å². The van der Waals surface area contributed by atoms with E-state index in [2.05, 4.69) is 4.98 Å². The van der Waals surface area contributed by atoms with Crippen molar-refractivity contribution in [1.29, 1.82) is 0 Å². The first-order chi connectivity index (χ1) is 9.77. The van der Waals surface area contributed by atoms with Crippen molar-refractivity contribution in [1.82, 2.24) is 4.98 Å². The van der Waals surface area contributed by atoms with Gasteiger partial charge in [-0.15, -0.1) is 0 Å². The topological polar surface area (TPSA) is 51.4 Å². The fourth-order valence-electron chi connectivity index (χ4n) is 1.63. The third-order valence-electron chi connectivity index (χ3n) is 2.74. The number of alkyl halides is 3. The molecule has 7 heteroatoms. The van der Waals surface area contributed by atoms with Crippen LogP contribution in [-0.4, -0.2) is 19.1 Å². The highest BCUT2D eigenvalue weighted by Crippen LogP contribution is 2.33. The molecule has 0 bridgehead atoms.